The van der Waals surface area contributed by atoms with Gasteiger partial charge in [-0.3, -0.25) is 0 Å². The van der Waals surface area contributed by atoms with E-state index in [0.717, 1.165) is 11.4 Å². The van der Waals surface area contributed by atoms with Crippen LogP contribution in [0.3, 0.4) is 0 Å². The normalized spacial score (nSPS) is 22.0. The average molecular weight is 372 g/mol. The predicted octanol–water partition coefficient (Wildman–Crippen LogP) is 3.89. The Morgan fingerprint density at radius 3 is 2.31 bits per heavy atom. The lowest BCUT2D eigenvalue weighted by atomic mass is 9.76. The smallest absolute Gasteiger partial charge is 0.174 e. The number of nitrogens with one attached hydrogen (secondary N) is 1. The van der Waals surface area contributed by atoms with Crippen LogP contribution in [0.1, 0.15) is 32.8 Å². The van der Waals surface area contributed by atoms with Gasteiger partial charge in [-0.25, -0.2) is 0 Å². The fourth-order valence-corrected chi connectivity index (χ4v) is 4.46. The zero-order valence-corrected chi connectivity index (χ0v) is 16.2. The summed E-state index contributed by atoms with van der Waals surface area (Å²) < 4.78 is 5.25. The van der Waals surface area contributed by atoms with E-state index < -0.39 is 5.54 Å². The molecule has 2 aromatic rings. The van der Waals surface area contributed by atoms with Crippen molar-refractivity contribution in [3.05, 3.63) is 48.0 Å². The van der Waals surface area contributed by atoms with Crippen molar-refractivity contribution in [3.8, 4) is 17.2 Å². The highest BCUT2D eigenvalue weighted by atomic mass is 32.1. The van der Waals surface area contributed by atoms with Gasteiger partial charge in [-0.05, 0) is 75.8 Å². The van der Waals surface area contributed by atoms with Crippen LogP contribution in [0.15, 0.2) is 42.5 Å². The first-order valence-electron chi connectivity index (χ1n) is 8.45. The maximum atomic E-state index is 10.5. The average Bonchev–Trinajstić information content (AvgIpc) is 2.53. The second-order valence-electron chi connectivity index (χ2n) is 7.50. The molecule has 26 heavy (non-hydrogen) atoms. The summed E-state index contributed by atoms with van der Waals surface area (Å²) in [6.45, 7) is 6.22. The SMILES string of the molecule is COc1ccc(N2C(=S)NC(C)(C)CC2(C)c2ccc(O)cc2O)cc1. The largest absolute Gasteiger partial charge is 0.508 e. The molecule has 6 heteroatoms. The van der Waals surface area contributed by atoms with Gasteiger partial charge in [0.05, 0.1) is 12.6 Å². The van der Waals surface area contributed by atoms with Crippen molar-refractivity contribution in [3.63, 3.8) is 0 Å². The van der Waals surface area contributed by atoms with E-state index in [9.17, 15) is 10.2 Å². The summed E-state index contributed by atoms with van der Waals surface area (Å²) in [4.78, 5) is 2.01. The Morgan fingerprint density at radius 2 is 1.73 bits per heavy atom. The Labute approximate surface area is 159 Å². The first-order valence-corrected chi connectivity index (χ1v) is 8.86. The minimum Gasteiger partial charge on any atom is -0.508 e. The van der Waals surface area contributed by atoms with Crippen LogP contribution in [0.5, 0.6) is 17.2 Å². The number of benzene rings is 2. The van der Waals surface area contributed by atoms with Crippen LogP contribution in [-0.4, -0.2) is 28.0 Å². The molecule has 1 unspecified atom stereocenters. The first kappa shape index (κ1) is 18.3. The lowest BCUT2D eigenvalue weighted by Gasteiger charge is -2.53. The Bertz CT molecular complexity index is 835. The van der Waals surface area contributed by atoms with Gasteiger partial charge < -0.3 is 25.2 Å². The highest BCUT2D eigenvalue weighted by Crippen LogP contribution is 2.46. The fraction of sp³-hybridized carbons (Fsp3) is 0.350. The van der Waals surface area contributed by atoms with E-state index in [0.29, 0.717) is 17.1 Å². The first-order chi connectivity index (χ1) is 12.2. The number of nitrogens with zero attached hydrogens (tertiary/aromatic N) is 1. The third-order valence-electron chi connectivity index (χ3n) is 4.82. The van der Waals surface area contributed by atoms with E-state index in [1.165, 1.54) is 6.07 Å². The Balaban J connectivity index is 2.16. The van der Waals surface area contributed by atoms with Gasteiger partial charge >= 0.3 is 0 Å². The second-order valence-corrected chi connectivity index (χ2v) is 7.89. The molecule has 0 bridgehead atoms. The number of phenols is 2. The van der Waals surface area contributed by atoms with Crippen LogP contribution in [0.4, 0.5) is 5.69 Å². The molecule has 0 aromatic heterocycles. The van der Waals surface area contributed by atoms with Crippen LogP contribution >= 0.6 is 12.2 Å². The van der Waals surface area contributed by atoms with Gasteiger partial charge in [0, 0.05) is 22.9 Å². The van der Waals surface area contributed by atoms with Crippen LogP contribution in [0.25, 0.3) is 0 Å². The van der Waals surface area contributed by atoms with E-state index in [2.05, 4.69) is 26.1 Å². The topological polar surface area (TPSA) is 65.0 Å². The maximum Gasteiger partial charge on any atom is 0.174 e. The minimum atomic E-state index is -0.599. The van der Waals surface area contributed by atoms with Crippen LogP contribution in [-0.2, 0) is 5.54 Å². The number of methoxy groups -OCH3 is 1. The van der Waals surface area contributed by atoms with E-state index >= 15 is 0 Å². The van der Waals surface area contributed by atoms with E-state index in [1.54, 1.807) is 19.2 Å². The Morgan fingerprint density at radius 1 is 1.08 bits per heavy atom. The van der Waals surface area contributed by atoms with E-state index in [1.807, 2.05) is 29.2 Å². The summed E-state index contributed by atoms with van der Waals surface area (Å²) in [5.41, 5.74) is 0.758. The lowest BCUT2D eigenvalue weighted by Crippen LogP contribution is -2.65. The molecule has 0 aliphatic carbocycles. The zero-order valence-electron chi connectivity index (χ0n) is 15.4. The summed E-state index contributed by atoms with van der Waals surface area (Å²) in [6, 6.07) is 12.4. The van der Waals surface area contributed by atoms with Gasteiger partial charge in [0.1, 0.15) is 17.2 Å². The molecular weight excluding hydrogens is 348 g/mol. The minimum absolute atomic E-state index is 0.0293. The molecule has 138 valence electrons. The summed E-state index contributed by atoms with van der Waals surface area (Å²) in [5, 5.41) is 24.2. The molecule has 1 aliphatic rings. The van der Waals surface area contributed by atoms with Crippen LogP contribution < -0.4 is 15.0 Å². The molecule has 2 aromatic carbocycles. The molecular formula is C20H24N2O3S. The molecule has 0 spiro atoms. The fourth-order valence-electron chi connectivity index (χ4n) is 3.88. The monoisotopic (exact) mass is 372 g/mol. The molecule has 3 N–H and O–H groups in total. The van der Waals surface area contributed by atoms with E-state index in [-0.39, 0.29) is 17.0 Å². The molecule has 0 saturated carbocycles. The van der Waals surface area contributed by atoms with Crippen molar-refractivity contribution in [2.24, 2.45) is 0 Å². The summed E-state index contributed by atoms with van der Waals surface area (Å²) >= 11 is 5.69. The number of hydrogen-bond acceptors (Lipinski definition) is 4. The Hall–Kier alpha value is -2.47. The quantitative estimate of drug-likeness (QED) is 0.711. The number of rotatable bonds is 3. The number of hydrogen-bond donors (Lipinski definition) is 3. The molecule has 0 amide bonds. The number of anilines is 1. The van der Waals surface area contributed by atoms with Gasteiger partial charge in [-0.1, -0.05) is 0 Å². The molecule has 3 rings (SSSR count). The summed E-state index contributed by atoms with van der Waals surface area (Å²) in [6.07, 6.45) is 0.699. The van der Waals surface area contributed by atoms with Crippen molar-refractivity contribution in [1.82, 2.24) is 5.32 Å². The number of thiocarbonyl (C=S) groups is 1. The van der Waals surface area contributed by atoms with Crippen molar-refractivity contribution >= 4 is 23.0 Å². The third kappa shape index (κ3) is 3.17. The number of ether oxygens (including phenoxy) is 1. The standard InChI is InChI=1S/C20H24N2O3S/c1-19(2)12-20(3,16-10-7-14(23)11-17(16)24)22(18(26)21-19)13-5-8-15(25-4)9-6-13/h5-11,23-24H,12H2,1-4H3,(H,21,26). The second kappa shape index (κ2) is 6.36. The summed E-state index contributed by atoms with van der Waals surface area (Å²) in [5.74, 6) is 0.840. The molecule has 5 nitrogen and oxygen atoms in total. The predicted molar refractivity (Wildman–Crippen MR) is 107 cm³/mol. The molecule has 0 radical (unpaired) electrons. The highest BCUT2D eigenvalue weighted by molar-refractivity contribution is 7.80. The van der Waals surface area contributed by atoms with E-state index in [4.69, 9.17) is 17.0 Å². The molecule has 1 atom stereocenters. The van der Waals surface area contributed by atoms with Gasteiger partial charge in [-0.15, -0.1) is 0 Å². The molecule has 1 fully saturated rings. The van der Waals surface area contributed by atoms with Crippen LogP contribution in [0, 0.1) is 0 Å². The van der Waals surface area contributed by atoms with Gasteiger partial charge in [-0.2, -0.15) is 0 Å². The van der Waals surface area contributed by atoms with Crippen molar-refractivity contribution in [1.29, 1.82) is 0 Å². The number of phenolic OH excluding ortho intramolecular Hbond substituents is 2. The Kier molecular flexibility index (Phi) is 4.48. The zero-order chi connectivity index (χ0) is 19.1. The highest BCUT2D eigenvalue weighted by Gasteiger charge is 2.47. The van der Waals surface area contributed by atoms with Crippen LogP contribution in [0.2, 0.25) is 0 Å². The molecule has 1 aliphatic heterocycles. The van der Waals surface area contributed by atoms with Gasteiger partial charge in [0.15, 0.2) is 5.11 Å². The molecule has 1 saturated heterocycles. The van der Waals surface area contributed by atoms with Gasteiger partial charge in [0.25, 0.3) is 0 Å². The summed E-state index contributed by atoms with van der Waals surface area (Å²) in [7, 11) is 1.63. The molecule has 1 heterocycles. The lowest BCUT2D eigenvalue weighted by molar-refractivity contribution is 0.275. The third-order valence-corrected chi connectivity index (χ3v) is 5.10. The maximum absolute atomic E-state index is 10.5. The van der Waals surface area contributed by atoms with Crippen molar-refractivity contribution in [2.75, 3.05) is 12.0 Å². The van der Waals surface area contributed by atoms with Crippen molar-refractivity contribution in [2.45, 2.75) is 38.3 Å². The number of aromatic hydroxyl groups is 2. The van der Waals surface area contributed by atoms with Crippen molar-refractivity contribution < 1.29 is 14.9 Å². The van der Waals surface area contributed by atoms with Gasteiger partial charge in [0.2, 0.25) is 0 Å².